The standard InChI is InChI=1S/C111H104N2S2/c1-103(2)48-50-105(5,6)101-86(103)22-16-24-91(101)112(79-41-44-84-95(61-79)114-93-46-36-73(67-18-12-11-13-19-67)56-89(93)110(84)97-54-65-52-75-58-99(110)108(75,97)63-65)77-38-34-71(35-39-77)70-28-26-68(27-29-70)69-30-32-72(33-31-69)74-37-47-94-90(57-74)111(98-55-66-53-76-59-100(111)109(76,98)64-66)85-45-42-80(62-96(85)115-94)113(92-25-17-23-87-102(92)106(7,8)51-49-104(87,3)4)78-40-43-82-81-20-14-15-21-83(81)107(9,10)88(82)60-78/h11-47,56-57,60-62,65-66,75-76,97-100H,48-55,58-59,63-64H2,1-10H3. The van der Waals surface area contributed by atoms with Gasteiger partial charge in [-0.3, -0.25) is 0 Å². The molecule has 25 rings (SSSR count). The molecule has 0 amide bonds. The van der Waals surface area contributed by atoms with Crippen molar-refractivity contribution in [1.29, 1.82) is 0 Å². The molecule has 0 aromatic heterocycles. The summed E-state index contributed by atoms with van der Waals surface area (Å²) in [7, 11) is 0. The molecule has 12 aromatic carbocycles. The maximum Gasteiger partial charge on any atom is 0.0502 e. The van der Waals surface area contributed by atoms with Gasteiger partial charge in [-0.25, -0.2) is 0 Å². The van der Waals surface area contributed by atoms with Crippen LogP contribution >= 0.6 is 23.5 Å². The molecule has 12 aromatic rings. The molecular formula is C111H104N2S2. The molecule has 8 saturated carbocycles. The molecule has 8 fully saturated rings. The predicted octanol–water partition coefficient (Wildman–Crippen LogP) is 29.9. The Morgan fingerprint density at radius 1 is 0.270 bits per heavy atom. The molecule has 570 valence electrons. The van der Waals surface area contributed by atoms with Crippen molar-refractivity contribution in [2.75, 3.05) is 9.80 Å². The zero-order valence-electron chi connectivity index (χ0n) is 68.6. The van der Waals surface area contributed by atoms with Crippen molar-refractivity contribution in [1.82, 2.24) is 0 Å². The van der Waals surface area contributed by atoms with Crippen LogP contribution < -0.4 is 9.80 Å². The largest absolute Gasteiger partial charge is 0.310 e. The second-order valence-electron chi connectivity index (χ2n) is 41.7. The van der Waals surface area contributed by atoms with E-state index >= 15 is 0 Å². The van der Waals surface area contributed by atoms with Crippen LogP contribution in [0.25, 0.3) is 55.6 Å². The fourth-order valence-electron chi connectivity index (χ4n) is 29.5. The van der Waals surface area contributed by atoms with Gasteiger partial charge in [-0.15, -0.1) is 0 Å². The number of rotatable bonds is 10. The first kappa shape index (κ1) is 69.1. The molecular weight excluding hydrogens is 1430 g/mol. The van der Waals surface area contributed by atoms with Crippen LogP contribution in [0.15, 0.2) is 274 Å². The maximum atomic E-state index is 2.69. The van der Waals surface area contributed by atoms with E-state index in [9.17, 15) is 0 Å². The summed E-state index contributed by atoms with van der Waals surface area (Å²) >= 11 is 4.10. The molecule has 13 aliphatic rings. The summed E-state index contributed by atoms with van der Waals surface area (Å²) in [4.78, 5) is 11.2. The quantitative estimate of drug-likeness (QED) is 0.135. The SMILES string of the molecule is CC1(C)CCC(C)(C)c2c(N(c3ccc(-c4ccc(-c5ccc(-c6ccc7c(c6)C6(c8ccc(N(c9ccc%10c(c9)C(C)(C)c9ccccc9-%10)c9cccc%10c9C(C)(C)CCC%10(C)C)cc8S7)C7CC8CC9CC6C97C8)cc5)cc4)cc3)c3ccc4c(c3)Sc3ccc(-c5ccccc5)cc3C43C4CC5CC6CC3C64C5)cccc21. The fraction of sp³-hybridized carbons (Fsp3) is 0.351. The molecule has 12 atom stereocenters. The third-order valence-electron chi connectivity index (χ3n) is 34.6. The van der Waals surface area contributed by atoms with E-state index in [0.717, 1.165) is 48.3 Å². The van der Waals surface area contributed by atoms with Crippen molar-refractivity contribution in [3.8, 4) is 55.6 Å². The van der Waals surface area contributed by atoms with E-state index in [0.29, 0.717) is 22.7 Å². The predicted molar refractivity (Wildman–Crippen MR) is 478 cm³/mol. The van der Waals surface area contributed by atoms with Gasteiger partial charge in [0.05, 0.1) is 11.4 Å². The van der Waals surface area contributed by atoms with Gasteiger partial charge in [0.25, 0.3) is 0 Å². The fourth-order valence-corrected chi connectivity index (χ4v) is 32.0. The molecule has 2 heterocycles. The third-order valence-corrected chi connectivity index (χ3v) is 36.9. The number of hydrogen-bond donors (Lipinski definition) is 0. The van der Waals surface area contributed by atoms with Crippen LogP contribution in [0.5, 0.6) is 0 Å². The van der Waals surface area contributed by atoms with E-state index in [2.05, 4.69) is 346 Å². The van der Waals surface area contributed by atoms with Gasteiger partial charge in [-0.2, -0.15) is 0 Å². The minimum absolute atomic E-state index is 0.00697. The van der Waals surface area contributed by atoms with Gasteiger partial charge >= 0.3 is 0 Å². The Labute approximate surface area is 690 Å². The Bertz CT molecular complexity index is 6190. The number of nitrogens with zero attached hydrogens (tertiary/aromatic N) is 2. The molecule has 115 heavy (non-hydrogen) atoms. The maximum absolute atomic E-state index is 2.69. The Balaban J connectivity index is 0.536. The summed E-state index contributed by atoms with van der Waals surface area (Å²) in [5, 5.41) is 0. The zero-order chi connectivity index (χ0) is 77.2. The Morgan fingerprint density at radius 2 is 0.652 bits per heavy atom. The van der Waals surface area contributed by atoms with Crippen LogP contribution in [-0.2, 0) is 37.9 Å². The van der Waals surface area contributed by atoms with Crippen molar-refractivity contribution >= 4 is 57.6 Å². The molecule has 2 aliphatic heterocycles. The van der Waals surface area contributed by atoms with Crippen molar-refractivity contribution in [2.24, 2.45) is 58.2 Å². The van der Waals surface area contributed by atoms with Gasteiger partial charge < -0.3 is 9.80 Å². The van der Waals surface area contributed by atoms with E-state index in [1.807, 2.05) is 11.8 Å². The van der Waals surface area contributed by atoms with Gasteiger partial charge in [-0.05, 0) is 353 Å². The molecule has 11 aliphatic carbocycles. The minimum Gasteiger partial charge on any atom is -0.310 e. The van der Waals surface area contributed by atoms with E-state index in [1.165, 1.54) is 207 Å². The van der Waals surface area contributed by atoms with E-state index in [1.54, 1.807) is 22.3 Å². The van der Waals surface area contributed by atoms with Crippen LogP contribution in [0.1, 0.15) is 202 Å². The highest BCUT2D eigenvalue weighted by Crippen LogP contribution is 2.91. The zero-order valence-corrected chi connectivity index (χ0v) is 70.2. The molecule has 2 nitrogen and oxygen atoms in total. The van der Waals surface area contributed by atoms with E-state index in [-0.39, 0.29) is 37.9 Å². The first-order valence-electron chi connectivity index (χ1n) is 44.0. The lowest BCUT2D eigenvalue weighted by Gasteiger charge is -2.78. The molecule has 4 spiro atoms. The number of fused-ring (bicyclic) bond motifs is 19. The van der Waals surface area contributed by atoms with Gasteiger partial charge in [0.2, 0.25) is 0 Å². The first-order valence-corrected chi connectivity index (χ1v) is 45.6. The number of benzene rings is 12. The van der Waals surface area contributed by atoms with Crippen LogP contribution in [0.4, 0.5) is 34.1 Å². The van der Waals surface area contributed by atoms with Crippen molar-refractivity contribution in [3.63, 3.8) is 0 Å². The minimum atomic E-state index is -0.114. The molecule has 0 saturated heterocycles. The van der Waals surface area contributed by atoms with Gasteiger partial charge in [0, 0.05) is 58.6 Å². The van der Waals surface area contributed by atoms with Crippen LogP contribution in [0.3, 0.4) is 0 Å². The summed E-state index contributed by atoms with van der Waals surface area (Å²) in [6, 6.07) is 102. The first-order chi connectivity index (χ1) is 55.6. The highest BCUT2D eigenvalue weighted by Gasteiger charge is 2.86. The van der Waals surface area contributed by atoms with Crippen molar-refractivity contribution < 1.29 is 0 Å². The second kappa shape index (κ2) is 23.2. The van der Waals surface area contributed by atoms with Gasteiger partial charge in [0.15, 0.2) is 0 Å². The molecule has 0 N–H and O–H groups in total. The summed E-state index contributed by atoms with van der Waals surface area (Å²) < 4.78 is 0. The number of hydrogen-bond acceptors (Lipinski definition) is 4. The van der Waals surface area contributed by atoms with E-state index < -0.39 is 0 Å². The Kier molecular flexibility index (Phi) is 14.0. The van der Waals surface area contributed by atoms with Crippen LogP contribution in [0, 0.1) is 58.2 Å². The van der Waals surface area contributed by atoms with E-state index in [4.69, 9.17) is 0 Å². The Morgan fingerprint density at radius 3 is 1.15 bits per heavy atom. The Hall–Kier alpha value is -9.06. The lowest BCUT2D eigenvalue weighted by molar-refractivity contribution is -0.235. The summed E-state index contributed by atoms with van der Waals surface area (Å²) in [5.41, 5.74) is 37.2. The number of anilines is 6. The summed E-state index contributed by atoms with van der Waals surface area (Å²) in [6.07, 6.45) is 16.1. The average Bonchev–Trinajstić information content (AvgIpc) is 1.50. The smallest absolute Gasteiger partial charge is 0.0502 e. The third kappa shape index (κ3) is 8.93. The average molecular weight is 1530 g/mol. The normalized spacial score (nSPS) is 29.5. The summed E-state index contributed by atoms with van der Waals surface area (Å²) in [5.74, 6) is 6.44. The van der Waals surface area contributed by atoms with Gasteiger partial charge in [0.1, 0.15) is 0 Å². The van der Waals surface area contributed by atoms with Crippen LogP contribution in [-0.4, -0.2) is 0 Å². The second-order valence-corrected chi connectivity index (χ2v) is 43.8. The molecule has 0 radical (unpaired) electrons. The molecule has 4 heteroatoms. The summed E-state index contributed by atoms with van der Waals surface area (Å²) in [6.45, 7) is 24.8. The highest BCUT2D eigenvalue weighted by atomic mass is 32.2. The van der Waals surface area contributed by atoms with Gasteiger partial charge in [-0.1, -0.05) is 263 Å². The molecule has 4 bridgehead atoms. The monoisotopic (exact) mass is 1530 g/mol. The van der Waals surface area contributed by atoms with Crippen LogP contribution in [0.2, 0.25) is 0 Å². The lowest BCUT2D eigenvalue weighted by Crippen LogP contribution is -2.74. The van der Waals surface area contributed by atoms with Crippen molar-refractivity contribution in [3.05, 3.63) is 310 Å². The van der Waals surface area contributed by atoms with Crippen molar-refractivity contribution in [2.45, 2.75) is 204 Å². The highest BCUT2D eigenvalue weighted by molar-refractivity contribution is 7.99. The molecule has 12 unspecified atom stereocenters. The lowest BCUT2D eigenvalue weighted by atomic mass is 9.26. The topological polar surface area (TPSA) is 6.48 Å².